The first-order valence-electron chi connectivity index (χ1n) is 9.82. The van der Waals surface area contributed by atoms with Crippen LogP contribution in [0.25, 0.3) is 22.3 Å². The van der Waals surface area contributed by atoms with Crippen molar-refractivity contribution < 1.29 is 9.15 Å². The van der Waals surface area contributed by atoms with Crippen LogP contribution in [0, 0.1) is 0 Å². The van der Waals surface area contributed by atoms with Crippen LogP contribution in [0.15, 0.2) is 82.2 Å². The van der Waals surface area contributed by atoms with Crippen molar-refractivity contribution >= 4 is 33.9 Å². The van der Waals surface area contributed by atoms with E-state index in [0.717, 1.165) is 44.8 Å². The van der Waals surface area contributed by atoms with E-state index in [1.54, 1.807) is 0 Å². The lowest BCUT2D eigenvalue weighted by Gasteiger charge is -2.11. The van der Waals surface area contributed by atoms with Crippen LogP contribution in [0.2, 0.25) is 5.02 Å². The minimum absolute atomic E-state index is 0.601. The maximum Gasteiger partial charge on any atom is 0.137 e. The van der Waals surface area contributed by atoms with Crippen LogP contribution in [0.1, 0.15) is 6.92 Å². The van der Waals surface area contributed by atoms with E-state index in [9.17, 15) is 0 Å². The molecule has 1 heterocycles. The van der Waals surface area contributed by atoms with Gasteiger partial charge in [0.2, 0.25) is 0 Å². The number of benzene rings is 3. The number of hydrogen-bond donors (Lipinski definition) is 0. The van der Waals surface area contributed by atoms with Crippen molar-refractivity contribution in [3.63, 3.8) is 0 Å². The van der Waals surface area contributed by atoms with Crippen LogP contribution >= 0.6 is 11.6 Å². The highest BCUT2D eigenvalue weighted by atomic mass is 35.5. The van der Waals surface area contributed by atoms with Crippen molar-refractivity contribution in [2.75, 3.05) is 25.6 Å². The number of rotatable bonds is 5. The van der Waals surface area contributed by atoms with Crippen LogP contribution in [0.5, 0.6) is 5.75 Å². The van der Waals surface area contributed by atoms with Gasteiger partial charge in [0.05, 0.1) is 17.7 Å². The maximum atomic E-state index is 6.18. The number of anilines is 1. The first kappa shape index (κ1) is 20.0. The topological polar surface area (TPSA) is 38.0 Å². The molecule has 0 aliphatic rings. The molecule has 0 aliphatic heterocycles. The Kier molecular flexibility index (Phi) is 5.77. The molecule has 0 aliphatic carbocycles. The largest absolute Gasteiger partial charge is 0.494 e. The Balaban J connectivity index is 1.91. The smallest absolute Gasteiger partial charge is 0.137 e. The van der Waals surface area contributed by atoms with Gasteiger partial charge < -0.3 is 14.1 Å². The van der Waals surface area contributed by atoms with Gasteiger partial charge >= 0.3 is 0 Å². The zero-order chi connectivity index (χ0) is 21.1. The lowest BCUT2D eigenvalue weighted by molar-refractivity contribution is 0.340. The fourth-order valence-corrected chi connectivity index (χ4v) is 3.34. The zero-order valence-electron chi connectivity index (χ0n) is 17.2. The Hall–Kier alpha value is -3.24. The summed E-state index contributed by atoms with van der Waals surface area (Å²) in [6.45, 7) is 2.57. The Bertz CT molecular complexity index is 1230. The van der Waals surface area contributed by atoms with Crippen LogP contribution in [0.4, 0.5) is 11.4 Å². The molecule has 4 nitrogen and oxygen atoms in total. The number of nitrogens with zero attached hydrogens (tertiary/aromatic N) is 2. The van der Waals surface area contributed by atoms with Gasteiger partial charge in [-0.1, -0.05) is 11.6 Å². The Morgan fingerprint density at radius 2 is 1.67 bits per heavy atom. The average Bonchev–Trinajstić information content (AvgIpc) is 2.75. The monoisotopic (exact) mass is 418 g/mol. The van der Waals surface area contributed by atoms with E-state index >= 15 is 0 Å². The molecule has 0 bridgehead atoms. The van der Waals surface area contributed by atoms with E-state index < -0.39 is 0 Å². The molecule has 0 saturated carbocycles. The summed E-state index contributed by atoms with van der Waals surface area (Å²) in [6.07, 6.45) is 0. The molecule has 0 saturated heterocycles. The molecule has 0 unspecified atom stereocenters. The Morgan fingerprint density at radius 3 is 2.33 bits per heavy atom. The van der Waals surface area contributed by atoms with Crippen molar-refractivity contribution in [3.05, 3.63) is 83.2 Å². The summed E-state index contributed by atoms with van der Waals surface area (Å²) in [5.74, 6) is 1.52. The van der Waals surface area contributed by atoms with Crippen molar-refractivity contribution in [2.45, 2.75) is 6.92 Å². The second kappa shape index (κ2) is 8.64. The Labute approximate surface area is 181 Å². The van der Waals surface area contributed by atoms with E-state index in [-0.39, 0.29) is 0 Å². The SMILES string of the molecule is CCOc1ccc2oc(-c3ccc(Cl)cc3)cc(=Nc3ccc(N(C)C)cc3)c2c1. The van der Waals surface area contributed by atoms with Gasteiger partial charge in [-0.3, -0.25) is 0 Å². The van der Waals surface area contributed by atoms with Crippen LogP contribution < -0.4 is 15.0 Å². The maximum absolute atomic E-state index is 6.18. The quantitative estimate of drug-likeness (QED) is 0.373. The van der Waals surface area contributed by atoms with E-state index in [2.05, 4.69) is 17.0 Å². The van der Waals surface area contributed by atoms with Gasteiger partial charge in [0.1, 0.15) is 17.1 Å². The van der Waals surface area contributed by atoms with Crippen molar-refractivity contribution in [2.24, 2.45) is 4.99 Å². The molecule has 30 heavy (non-hydrogen) atoms. The van der Waals surface area contributed by atoms with E-state index in [1.807, 2.05) is 81.7 Å². The van der Waals surface area contributed by atoms with Gasteiger partial charge in [0.25, 0.3) is 0 Å². The number of ether oxygens (including phenoxy) is 1. The predicted octanol–water partition coefficient (Wildman–Crippen LogP) is 6.45. The van der Waals surface area contributed by atoms with Crippen LogP contribution in [-0.2, 0) is 0 Å². The third-order valence-electron chi connectivity index (χ3n) is 4.77. The molecule has 0 fully saturated rings. The molecule has 0 amide bonds. The van der Waals surface area contributed by atoms with Crippen molar-refractivity contribution in [1.82, 2.24) is 0 Å². The summed E-state index contributed by atoms with van der Waals surface area (Å²) >= 11 is 6.05. The third-order valence-corrected chi connectivity index (χ3v) is 5.02. The molecule has 3 aromatic carbocycles. The van der Waals surface area contributed by atoms with Gasteiger partial charge in [-0.2, -0.15) is 0 Å². The predicted molar refractivity (Wildman–Crippen MR) is 124 cm³/mol. The lowest BCUT2D eigenvalue weighted by atomic mass is 10.1. The van der Waals surface area contributed by atoms with E-state index in [0.29, 0.717) is 11.6 Å². The summed E-state index contributed by atoms with van der Waals surface area (Å²) < 4.78 is 11.9. The standard InChI is InChI=1S/C25H23ClN2O2/c1-4-29-21-13-14-24-22(15-21)23(27-19-9-11-20(12-10-19)28(2)3)16-25(30-24)17-5-7-18(26)8-6-17/h5-16H,4H2,1-3H3. The van der Waals surface area contributed by atoms with Crippen molar-refractivity contribution in [3.8, 4) is 17.1 Å². The Morgan fingerprint density at radius 1 is 0.933 bits per heavy atom. The summed E-state index contributed by atoms with van der Waals surface area (Å²) in [5, 5.41) is 2.41. The zero-order valence-corrected chi connectivity index (χ0v) is 18.0. The minimum atomic E-state index is 0.601. The number of hydrogen-bond acceptors (Lipinski definition) is 4. The van der Waals surface area contributed by atoms with Gasteiger partial charge in [-0.25, -0.2) is 4.99 Å². The fourth-order valence-electron chi connectivity index (χ4n) is 3.22. The fraction of sp³-hybridized carbons (Fsp3) is 0.160. The summed E-state index contributed by atoms with van der Waals surface area (Å²) in [5.41, 5.74) is 3.68. The second-order valence-corrected chi connectivity index (χ2v) is 7.55. The number of halogens is 1. The normalized spacial score (nSPS) is 11.7. The molecule has 0 atom stereocenters. The third kappa shape index (κ3) is 4.34. The minimum Gasteiger partial charge on any atom is -0.494 e. The van der Waals surface area contributed by atoms with Crippen LogP contribution in [0.3, 0.4) is 0 Å². The van der Waals surface area contributed by atoms with E-state index in [1.165, 1.54) is 0 Å². The highest BCUT2D eigenvalue weighted by Crippen LogP contribution is 2.26. The van der Waals surface area contributed by atoms with Crippen molar-refractivity contribution in [1.29, 1.82) is 0 Å². The highest BCUT2D eigenvalue weighted by Gasteiger charge is 2.08. The second-order valence-electron chi connectivity index (χ2n) is 7.12. The van der Waals surface area contributed by atoms with Gasteiger partial charge in [-0.15, -0.1) is 0 Å². The summed E-state index contributed by atoms with van der Waals surface area (Å²) in [7, 11) is 4.04. The first-order valence-corrected chi connectivity index (χ1v) is 10.2. The molecule has 0 radical (unpaired) electrons. The number of fused-ring (bicyclic) bond motifs is 1. The molecule has 1 aromatic heterocycles. The summed E-state index contributed by atoms with van der Waals surface area (Å²) in [4.78, 5) is 6.98. The lowest BCUT2D eigenvalue weighted by Crippen LogP contribution is -2.08. The summed E-state index contributed by atoms with van der Waals surface area (Å²) in [6, 6.07) is 23.5. The molecule has 0 spiro atoms. The molecule has 5 heteroatoms. The van der Waals surface area contributed by atoms with E-state index in [4.69, 9.17) is 25.7 Å². The molecular weight excluding hydrogens is 396 g/mol. The molecule has 152 valence electrons. The first-order chi connectivity index (χ1) is 14.5. The molecule has 4 rings (SSSR count). The van der Waals surface area contributed by atoms with Gasteiger partial charge in [0.15, 0.2) is 0 Å². The van der Waals surface area contributed by atoms with Gasteiger partial charge in [0, 0.05) is 41.8 Å². The molecule has 4 aromatic rings. The highest BCUT2D eigenvalue weighted by molar-refractivity contribution is 6.30. The molecule has 0 N–H and O–H groups in total. The molecular formula is C25H23ClN2O2. The average molecular weight is 419 g/mol. The van der Waals surface area contributed by atoms with Gasteiger partial charge in [-0.05, 0) is 73.7 Å². The van der Waals surface area contributed by atoms with Crippen LogP contribution in [-0.4, -0.2) is 20.7 Å².